The van der Waals surface area contributed by atoms with Crippen molar-refractivity contribution in [2.24, 2.45) is 0 Å². The van der Waals surface area contributed by atoms with E-state index in [1.54, 1.807) is 16.4 Å². The second-order valence-electron chi connectivity index (χ2n) is 7.94. The summed E-state index contributed by atoms with van der Waals surface area (Å²) in [5, 5.41) is 5.64. The van der Waals surface area contributed by atoms with E-state index in [2.05, 4.69) is 63.8 Å². The SMILES string of the molecule is CSc1ccc([C@@H]2c3[nH]c4ccccc4c3CCN2C(=O)Cn2nc(C)nc2C)cc1. The molecule has 1 aliphatic heterocycles. The maximum Gasteiger partial charge on any atom is 0.245 e. The maximum atomic E-state index is 13.5. The fourth-order valence-corrected chi connectivity index (χ4v) is 4.98. The monoisotopic (exact) mass is 431 g/mol. The first kappa shape index (κ1) is 19.9. The number of benzene rings is 2. The largest absolute Gasteiger partial charge is 0.356 e. The average Bonchev–Trinajstić information content (AvgIpc) is 3.31. The van der Waals surface area contributed by atoms with Gasteiger partial charge in [-0.1, -0.05) is 30.3 Å². The predicted octanol–water partition coefficient (Wildman–Crippen LogP) is 4.27. The Labute approximate surface area is 185 Å². The fraction of sp³-hybridized carbons (Fsp3) is 0.292. The van der Waals surface area contributed by atoms with Crippen molar-refractivity contribution in [3.05, 3.63) is 77.0 Å². The Morgan fingerprint density at radius 3 is 2.65 bits per heavy atom. The van der Waals surface area contributed by atoms with Gasteiger partial charge in [-0.2, -0.15) is 5.10 Å². The van der Waals surface area contributed by atoms with Crippen molar-refractivity contribution in [2.75, 3.05) is 12.8 Å². The molecule has 0 bridgehead atoms. The zero-order valence-electron chi connectivity index (χ0n) is 17.9. The number of carbonyl (C=O) groups is 1. The van der Waals surface area contributed by atoms with Crippen LogP contribution < -0.4 is 0 Å². The highest BCUT2D eigenvalue weighted by molar-refractivity contribution is 7.98. The molecule has 0 fully saturated rings. The molecule has 0 aliphatic carbocycles. The van der Waals surface area contributed by atoms with Gasteiger partial charge >= 0.3 is 0 Å². The van der Waals surface area contributed by atoms with E-state index in [-0.39, 0.29) is 18.5 Å². The van der Waals surface area contributed by atoms with E-state index in [1.807, 2.05) is 24.8 Å². The standard InChI is InChI=1S/C24H25N5OS/c1-15-25-16(2)29(27-15)14-22(30)28-13-12-20-19-6-4-5-7-21(19)26-23(20)24(28)17-8-10-18(31-3)11-9-17/h4-11,24,26H,12-14H2,1-3H3/t24-/m1/s1. The maximum absolute atomic E-state index is 13.5. The first-order chi connectivity index (χ1) is 15.0. The van der Waals surface area contributed by atoms with Crippen LogP contribution in [0.2, 0.25) is 0 Å². The lowest BCUT2D eigenvalue weighted by atomic mass is 9.92. The number of aryl methyl sites for hydroxylation is 2. The summed E-state index contributed by atoms with van der Waals surface area (Å²) in [6, 6.07) is 16.8. The van der Waals surface area contributed by atoms with Gasteiger partial charge in [0.25, 0.3) is 0 Å². The third-order valence-electron chi connectivity index (χ3n) is 6.03. The highest BCUT2D eigenvalue weighted by atomic mass is 32.2. The molecule has 7 heteroatoms. The Bertz CT molecular complexity index is 1260. The zero-order chi connectivity index (χ0) is 21.5. The predicted molar refractivity (Wildman–Crippen MR) is 123 cm³/mol. The number of amides is 1. The lowest BCUT2D eigenvalue weighted by Crippen LogP contribution is -2.42. The van der Waals surface area contributed by atoms with Crippen LogP contribution in [0.1, 0.15) is 34.5 Å². The molecule has 0 unspecified atom stereocenters. The van der Waals surface area contributed by atoms with Crippen molar-refractivity contribution in [3.63, 3.8) is 0 Å². The highest BCUT2D eigenvalue weighted by Crippen LogP contribution is 2.39. The molecule has 0 saturated heterocycles. The molecule has 1 amide bonds. The van der Waals surface area contributed by atoms with Gasteiger partial charge in [0.1, 0.15) is 18.2 Å². The number of para-hydroxylation sites is 1. The molecule has 0 saturated carbocycles. The molecule has 2 aromatic carbocycles. The summed E-state index contributed by atoms with van der Waals surface area (Å²) in [4.78, 5) is 24.6. The van der Waals surface area contributed by atoms with Gasteiger partial charge in [0.05, 0.1) is 6.04 Å². The van der Waals surface area contributed by atoms with Gasteiger partial charge in [0.15, 0.2) is 0 Å². The third-order valence-corrected chi connectivity index (χ3v) is 6.78. The Hall–Kier alpha value is -3.06. The molecular weight excluding hydrogens is 406 g/mol. The lowest BCUT2D eigenvalue weighted by Gasteiger charge is -2.36. The van der Waals surface area contributed by atoms with Gasteiger partial charge in [-0.05, 0) is 55.9 Å². The van der Waals surface area contributed by atoms with Gasteiger partial charge in [-0.25, -0.2) is 9.67 Å². The number of hydrogen-bond acceptors (Lipinski definition) is 4. The van der Waals surface area contributed by atoms with Gasteiger partial charge in [0, 0.05) is 28.0 Å². The number of fused-ring (bicyclic) bond motifs is 3. The van der Waals surface area contributed by atoms with E-state index in [1.165, 1.54) is 15.8 Å². The minimum absolute atomic E-state index is 0.0521. The first-order valence-electron chi connectivity index (χ1n) is 10.5. The molecule has 0 radical (unpaired) electrons. The summed E-state index contributed by atoms with van der Waals surface area (Å²) >= 11 is 1.72. The minimum Gasteiger partial charge on any atom is -0.356 e. The Balaban J connectivity index is 1.58. The fourth-order valence-electron chi connectivity index (χ4n) is 4.57. The van der Waals surface area contributed by atoms with Crippen LogP contribution in [0.15, 0.2) is 53.4 Å². The van der Waals surface area contributed by atoms with Crippen LogP contribution in [0.4, 0.5) is 0 Å². The Kier molecular flexibility index (Phi) is 5.06. The van der Waals surface area contributed by atoms with Crippen LogP contribution in [-0.2, 0) is 17.8 Å². The highest BCUT2D eigenvalue weighted by Gasteiger charge is 2.34. The number of thioether (sulfide) groups is 1. The molecule has 4 aromatic rings. The van der Waals surface area contributed by atoms with Crippen LogP contribution >= 0.6 is 11.8 Å². The summed E-state index contributed by atoms with van der Waals surface area (Å²) in [6.45, 7) is 4.61. The third kappa shape index (κ3) is 3.53. The van der Waals surface area contributed by atoms with Crippen molar-refractivity contribution >= 4 is 28.6 Å². The van der Waals surface area contributed by atoms with Gasteiger partial charge < -0.3 is 9.88 Å². The number of nitrogens with zero attached hydrogens (tertiary/aromatic N) is 4. The number of H-pyrrole nitrogens is 1. The first-order valence-corrected chi connectivity index (χ1v) is 11.7. The van der Waals surface area contributed by atoms with Crippen LogP contribution in [0.3, 0.4) is 0 Å². The van der Waals surface area contributed by atoms with Crippen LogP contribution in [-0.4, -0.2) is 43.4 Å². The van der Waals surface area contributed by atoms with Crippen LogP contribution in [0, 0.1) is 13.8 Å². The van der Waals surface area contributed by atoms with Crippen LogP contribution in [0.25, 0.3) is 10.9 Å². The second-order valence-corrected chi connectivity index (χ2v) is 8.82. The lowest BCUT2D eigenvalue weighted by molar-refractivity contribution is -0.134. The molecule has 1 N–H and O–H groups in total. The van der Waals surface area contributed by atoms with E-state index >= 15 is 0 Å². The number of hydrogen-bond donors (Lipinski definition) is 1. The Morgan fingerprint density at radius 1 is 1.16 bits per heavy atom. The normalized spacial score (nSPS) is 16.0. The van der Waals surface area contributed by atoms with E-state index in [9.17, 15) is 4.79 Å². The molecule has 5 rings (SSSR count). The minimum atomic E-state index is -0.149. The van der Waals surface area contributed by atoms with Crippen molar-refractivity contribution in [1.82, 2.24) is 24.6 Å². The summed E-state index contributed by atoms with van der Waals surface area (Å²) in [6.07, 6.45) is 2.91. The molecule has 2 aromatic heterocycles. The number of aromatic amines is 1. The molecule has 1 atom stereocenters. The summed E-state index contributed by atoms with van der Waals surface area (Å²) < 4.78 is 1.70. The van der Waals surface area contributed by atoms with Crippen molar-refractivity contribution in [2.45, 2.75) is 37.8 Å². The zero-order valence-corrected chi connectivity index (χ0v) is 18.7. The van der Waals surface area contributed by atoms with Crippen molar-refractivity contribution in [3.8, 4) is 0 Å². The Morgan fingerprint density at radius 2 is 1.94 bits per heavy atom. The van der Waals surface area contributed by atoms with Gasteiger partial charge in [-0.15, -0.1) is 11.8 Å². The second kappa shape index (κ2) is 7.89. The molecule has 6 nitrogen and oxygen atoms in total. The van der Waals surface area contributed by atoms with Crippen molar-refractivity contribution < 1.29 is 4.79 Å². The number of nitrogens with one attached hydrogen (secondary N) is 1. The van der Waals surface area contributed by atoms with Gasteiger partial charge in [-0.3, -0.25) is 4.79 Å². The number of aromatic nitrogens is 4. The van der Waals surface area contributed by atoms with E-state index in [4.69, 9.17) is 0 Å². The molecule has 31 heavy (non-hydrogen) atoms. The molecule has 0 spiro atoms. The topological polar surface area (TPSA) is 66.8 Å². The summed E-state index contributed by atoms with van der Waals surface area (Å²) in [5.41, 5.74) is 4.66. The smallest absolute Gasteiger partial charge is 0.245 e. The van der Waals surface area contributed by atoms with E-state index in [0.717, 1.165) is 29.0 Å². The van der Waals surface area contributed by atoms with Crippen molar-refractivity contribution in [1.29, 1.82) is 0 Å². The number of carbonyl (C=O) groups excluding carboxylic acids is 1. The van der Waals surface area contributed by atoms with E-state index in [0.29, 0.717) is 12.4 Å². The van der Waals surface area contributed by atoms with E-state index < -0.39 is 0 Å². The molecular formula is C24H25N5OS. The molecule has 158 valence electrons. The summed E-state index contributed by atoms with van der Waals surface area (Å²) in [5.74, 6) is 1.50. The quantitative estimate of drug-likeness (QED) is 0.490. The molecule has 1 aliphatic rings. The molecule has 3 heterocycles. The number of rotatable bonds is 4. The average molecular weight is 432 g/mol. The van der Waals surface area contributed by atoms with Crippen LogP contribution in [0.5, 0.6) is 0 Å². The van der Waals surface area contributed by atoms with Gasteiger partial charge in [0.2, 0.25) is 5.91 Å². The summed E-state index contributed by atoms with van der Waals surface area (Å²) in [7, 11) is 0.